The monoisotopic (exact) mass is 302 g/mol. The fourth-order valence-corrected chi connectivity index (χ4v) is 4.20. The SMILES string of the molecule is c1cc2cncn2c(OSCC2CCCCC2)c1C1CC1. The van der Waals surface area contributed by atoms with Crippen molar-refractivity contribution in [3.05, 3.63) is 30.2 Å². The van der Waals surface area contributed by atoms with Gasteiger partial charge in [-0.2, -0.15) is 0 Å². The molecule has 0 aromatic carbocycles. The number of fused-ring (bicyclic) bond motifs is 1. The van der Waals surface area contributed by atoms with Crippen LogP contribution in [-0.2, 0) is 0 Å². The molecule has 3 nitrogen and oxygen atoms in total. The maximum absolute atomic E-state index is 6.15. The van der Waals surface area contributed by atoms with Gasteiger partial charge in [0.25, 0.3) is 0 Å². The van der Waals surface area contributed by atoms with E-state index in [9.17, 15) is 0 Å². The molecule has 2 aliphatic carbocycles. The van der Waals surface area contributed by atoms with E-state index in [1.165, 1.54) is 50.5 Å². The molecule has 0 amide bonds. The van der Waals surface area contributed by atoms with Crippen molar-refractivity contribution < 1.29 is 4.18 Å². The number of hydrogen-bond acceptors (Lipinski definition) is 3. The van der Waals surface area contributed by atoms with Gasteiger partial charge in [0, 0.05) is 11.3 Å². The van der Waals surface area contributed by atoms with Gasteiger partial charge in [-0.05, 0) is 43.6 Å². The molecule has 0 unspecified atom stereocenters. The van der Waals surface area contributed by atoms with Crippen LogP contribution in [0.5, 0.6) is 5.88 Å². The number of pyridine rings is 1. The van der Waals surface area contributed by atoms with Crippen LogP contribution in [0, 0.1) is 5.92 Å². The lowest BCUT2D eigenvalue weighted by Gasteiger charge is -2.21. The quantitative estimate of drug-likeness (QED) is 0.741. The van der Waals surface area contributed by atoms with Gasteiger partial charge >= 0.3 is 0 Å². The number of aromatic nitrogens is 2. The molecule has 21 heavy (non-hydrogen) atoms. The zero-order chi connectivity index (χ0) is 14.1. The molecule has 112 valence electrons. The van der Waals surface area contributed by atoms with Crippen LogP contribution in [0.15, 0.2) is 24.7 Å². The van der Waals surface area contributed by atoms with Gasteiger partial charge in [0.2, 0.25) is 5.88 Å². The number of imidazole rings is 1. The third kappa shape index (κ3) is 2.91. The summed E-state index contributed by atoms with van der Waals surface area (Å²) in [4.78, 5) is 4.25. The highest BCUT2D eigenvalue weighted by molar-refractivity contribution is 7.95. The second kappa shape index (κ2) is 5.91. The molecular formula is C17H22N2OS. The maximum Gasteiger partial charge on any atom is 0.217 e. The average molecular weight is 302 g/mol. The summed E-state index contributed by atoms with van der Waals surface area (Å²) < 4.78 is 8.25. The molecule has 0 atom stereocenters. The molecule has 2 saturated carbocycles. The van der Waals surface area contributed by atoms with Crippen molar-refractivity contribution in [3.63, 3.8) is 0 Å². The van der Waals surface area contributed by atoms with E-state index in [0.29, 0.717) is 5.92 Å². The second-order valence-corrected chi connectivity index (χ2v) is 7.16. The van der Waals surface area contributed by atoms with E-state index in [4.69, 9.17) is 4.18 Å². The average Bonchev–Trinajstić information content (AvgIpc) is 3.25. The lowest BCUT2D eigenvalue weighted by molar-refractivity contribution is 0.388. The first kappa shape index (κ1) is 13.5. The first-order chi connectivity index (χ1) is 10.4. The van der Waals surface area contributed by atoms with Crippen LogP contribution in [-0.4, -0.2) is 15.1 Å². The standard InChI is InChI=1S/C17H22N2OS/c1-2-4-13(5-3-1)11-21-20-17-16(14-6-7-14)9-8-15-10-18-12-19(15)17/h8-10,12-14H,1-7,11H2. The van der Waals surface area contributed by atoms with Gasteiger partial charge in [0.05, 0.1) is 23.8 Å². The number of nitrogens with zero attached hydrogens (tertiary/aromatic N) is 2. The summed E-state index contributed by atoms with van der Waals surface area (Å²) in [5, 5.41) is 0. The van der Waals surface area contributed by atoms with E-state index in [2.05, 4.69) is 21.5 Å². The fourth-order valence-electron chi connectivity index (χ4n) is 3.32. The first-order valence-electron chi connectivity index (χ1n) is 8.16. The maximum atomic E-state index is 6.15. The van der Waals surface area contributed by atoms with Gasteiger partial charge in [0.1, 0.15) is 6.33 Å². The third-order valence-electron chi connectivity index (χ3n) is 4.75. The summed E-state index contributed by atoms with van der Waals surface area (Å²) in [6, 6.07) is 4.38. The van der Waals surface area contributed by atoms with Crippen LogP contribution < -0.4 is 4.18 Å². The van der Waals surface area contributed by atoms with E-state index >= 15 is 0 Å². The van der Waals surface area contributed by atoms with Crippen LogP contribution in [0.4, 0.5) is 0 Å². The Hall–Kier alpha value is -1.16. The summed E-state index contributed by atoms with van der Waals surface area (Å²) in [5.41, 5.74) is 2.48. The summed E-state index contributed by atoms with van der Waals surface area (Å²) in [6.07, 6.45) is 13.3. The Labute approximate surface area is 130 Å². The van der Waals surface area contributed by atoms with E-state index < -0.39 is 0 Å². The molecule has 0 bridgehead atoms. The second-order valence-electron chi connectivity index (χ2n) is 6.43. The zero-order valence-corrected chi connectivity index (χ0v) is 13.1. The topological polar surface area (TPSA) is 26.5 Å². The van der Waals surface area contributed by atoms with E-state index in [1.54, 1.807) is 12.0 Å². The minimum absolute atomic E-state index is 0.696. The Bertz CT molecular complexity index is 614. The minimum Gasteiger partial charge on any atom is -0.407 e. The van der Waals surface area contributed by atoms with Gasteiger partial charge < -0.3 is 4.18 Å². The lowest BCUT2D eigenvalue weighted by Crippen LogP contribution is -2.10. The van der Waals surface area contributed by atoms with Gasteiger partial charge in [0.15, 0.2) is 0 Å². The molecule has 0 radical (unpaired) electrons. The zero-order valence-electron chi connectivity index (χ0n) is 12.3. The van der Waals surface area contributed by atoms with Crippen LogP contribution in [0.2, 0.25) is 0 Å². The van der Waals surface area contributed by atoms with Crippen LogP contribution in [0.3, 0.4) is 0 Å². The van der Waals surface area contributed by atoms with Crippen molar-refractivity contribution in [2.24, 2.45) is 5.92 Å². The first-order valence-corrected chi connectivity index (χ1v) is 9.07. The largest absolute Gasteiger partial charge is 0.407 e. The molecule has 2 aromatic heterocycles. The summed E-state index contributed by atoms with van der Waals surface area (Å²) in [5.74, 6) is 3.67. The van der Waals surface area contributed by atoms with Crippen molar-refractivity contribution in [2.45, 2.75) is 50.9 Å². The summed E-state index contributed by atoms with van der Waals surface area (Å²) in [6.45, 7) is 0. The molecule has 0 N–H and O–H groups in total. The molecule has 4 rings (SSSR count). The fraction of sp³-hybridized carbons (Fsp3) is 0.588. The summed E-state index contributed by atoms with van der Waals surface area (Å²) in [7, 11) is 0. The highest BCUT2D eigenvalue weighted by Crippen LogP contribution is 2.45. The Morgan fingerprint density at radius 2 is 2.00 bits per heavy atom. The molecule has 0 aliphatic heterocycles. The van der Waals surface area contributed by atoms with Crippen molar-refractivity contribution in [3.8, 4) is 5.88 Å². The van der Waals surface area contributed by atoms with Gasteiger partial charge in [-0.25, -0.2) is 4.98 Å². The Kier molecular flexibility index (Phi) is 3.80. The van der Waals surface area contributed by atoms with E-state index in [-0.39, 0.29) is 0 Å². The molecule has 2 aliphatic rings. The molecule has 2 aromatic rings. The van der Waals surface area contributed by atoms with E-state index in [1.807, 2.05) is 12.5 Å². The Balaban J connectivity index is 1.48. The molecule has 2 fully saturated rings. The Morgan fingerprint density at radius 1 is 1.14 bits per heavy atom. The van der Waals surface area contributed by atoms with Gasteiger partial charge in [-0.3, -0.25) is 4.40 Å². The third-order valence-corrected chi connectivity index (χ3v) is 5.63. The van der Waals surface area contributed by atoms with E-state index in [0.717, 1.165) is 23.1 Å². The molecule has 0 spiro atoms. The van der Waals surface area contributed by atoms with Crippen LogP contribution >= 0.6 is 12.0 Å². The number of hydrogen-bond donors (Lipinski definition) is 0. The number of rotatable bonds is 5. The predicted octanol–water partition coefficient (Wildman–Crippen LogP) is 4.82. The highest BCUT2D eigenvalue weighted by atomic mass is 32.2. The minimum atomic E-state index is 0.696. The van der Waals surface area contributed by atoms with Crippen molar-refractivity contribution in [2.75, 3.05) is 5.75 Å². The summed E-state index contributed by atoms with van der Waals surface area (Å²) >= 11 is 1.64. The normalized spacial score (nSPS) is 20.0. The highest BCUT2D eigenvalue weighted by Gasteiger charge is 2.28. The van der Waals surface area contributed by atoms with Crippen molar-refractivity contribution in [1.29, 1.82) is 0 Å². The van der Waals surface area contributed by atoms with Crippen LogP contribution in [0.25, 0.3) is 5.52 Å². The van der Waals surface area contributed by atoms with Crippen LogP contribution in [0.1, 0.15) is 56.4 Å². The Morgan fingerprint density at radius 3 is 2.81 bits per heavy atom. The molecule has 2 heterocycles. The smallest absolute Gasteiger partial charge is 0.217 e. The molecule has 0 saturated heterocycles. The van der Waals surface area contributed by atoms with Gasteiger partial charge in [-0.1, -0.05) is 25.3 Å². The van der Waals surface area contributed by atoms with Crippen molar-refractivity contribution in [1.82, 2.24) is 9.38 Å². The predicted molar refractivity (Wildman–Crippen MR) is 86.8 cm³/mol. The molecule has 4 heteroatoms. The van der Waals surface area contributed by atoms with Gasteiger partial charge in [-0.15, -0.1) is 0 Å². The lowest BCUT2D eigenvalue weighted by atomic mass is 9.91. The van der Waals surface area contributed by atoms with Crippen molar-refractivity contribution >= 4 is 17.6 Å². The molecular weight excluding hydrogens is 280 g/mol.